The van der Waals surface area contributed by atoms with Gasteiger partial charge in [-0.1, -0.05) is 6.07 Å². The summed E-state index contributed by atoms with van der Waals surface area (Å²) in [6, 6.07) is 7.16. The molecule has 0 bridgehead atoms. The van der Waals surface area contributed by atoms with E-state index in [2.05, 4.69) is 10.3 Å². The van der Waals surface area contributed by atoms with Crippen LogP contribution in [0.15, 0.2) is 35.4 Å². The van der Waals surface area contributed by atoms with Crippen molar-refractivity contribution in [3.8, 4) is 0 Å². The second kappa shape index (κ2) is 7.23. The van der Waals surface area contributed by atoms with Gasteiger partial charge >= 0.3 is 0 Å². The van der Waals surface area contributed by atoms with E-state index in [-0.39, 0.29) is 16.5 Å². The molecule has 0 aliphatic carbocycles. The van der Waals surface area contributed by atoms with Crippen LogP contribution in [-0.4, -0.2) is 48.2 Å². The van der Waals surface area contributed by atoms with Gasteiger partial charge in [0, 0.05) is 36.5 Å². The van der Waals surface area contributed by atoms with Gasteiger partial charge in [0.15, 0.2) is 0 Å². The van der Waals surface area contributed by atoms with E-state index in [1.807, 2.05) is 32.0 Å². The van der Waals surface area contributed by atoms with Crippen molar-refractivity contribution < 1.29 is 13.2 Å². The Morgan fingerprint density at radius 2 is 1.76 bits per heavy atom. The molecule has 8 heteroatoms. The zero-order chi connectivity index (χ0) is 18.0. The molecule has 25 heavy (non-hydrogen) atoms. The van der Waals surface area contributed by atoms with E-state index in [1.165, 1.54) is 16.6 Å². The van der Waals surface area contributed by atoms with Gasteiger partial charge in [-0.3, -0.25) is 4.79 Å². The number of nitrogens with one attached hydrogen (secondary N) is 2. The third-order valence-electron chi connectivity index (χ3n) is 3.99. The number of hydrogen-bond donors (Lipinski definition) is 2. The van der Waals surface area contributed by atoms with Crippen LogP contribution in [0.1, 0.15) is 21.6 Å². The largest absolute Gasteiger partial charge is 0.356 e. The van der Waals surface area contributed by atoms with E-state index in [4.69, 9.17) is 0 Å². The molecule has 1 aromatic carbocycles. The predicted octanol–water partition coefficient (Wildman–Crippen LogP) is 2.62. The van der Waals surface area contributed by atoms with Crippen molar-refractivity contribution in [1.29, 1.82) is 0 Å². The Labute approximate surface area is 152 Å². The number of aromatic nitrogens is 1. The second-order valence-corrected chi connectivity index (χ2v) is 9.26. The highest BCUT2D eigenvalue weighted by molar-refractivity contribution is 7.99. The summed E-state index contributed by atoms with van der Waals surface area (Å²) >= 11 is 1.75. The summed E-state index contributed by atoms with van der Waals surface area (Å²) in [5, 5.41) is 2.80. The van der Waals surface area contributed by atoms with Gasteiger partial charge in [0.1, 0.15) is 10.6 Å². The number of H-pyrrole nitrogens is 1. The number of amides is 1. The first-order valence-electron chi connectivity index (χ1n) is 8.02. The lowest BCUT2D eigenvalue weighted by Crippen LogP contribution is -2.37. The van der Waals surface area contributed by atoms with Crippen LogP contribution in [0.3, 0.4) is 0 Å². The Morgan fingerprint density at radius 3 is 2.40 bits per heavy atom. The first kappa shape index (κ1) is 18.0. The maximum Gasteiger partial charge on any atom is 0.272 e. The molecule has 0 saturated carbocycles. The number of rotatable bonds is 4. The number of thioether (sulfide) groups is 1. The van der Waals surface area contributed by atoms with Crippen molar-refractivity contribution in [2.75, 3.05) is 29.9 Å². The molecule has 6 nitrogen and oxygen atoms in total. The Balaban J connectivity index is 1.77. The fraction of sp³-hybridized carbons (Fsp3) is 0.353. The van der Waals surface area contributed by atoms with E-state index in [1.54, 1.807) is 11.8 Å². The zero-order valence-electron chi connectivity index (χ0n) is 14.2. The fourth-order valence-electron chi connectivity index (χ4n) is 2.84. The molecule has 1 saturated heterocycles. The maximum atomic E-state index is 12.6. The fourth-order valence-corrected chi connectivity index (χ4v) is 5.41. The van der Waals surface area contributed by atoms with Crippen LogP contribution in [0, 0.1) is 13.8 Å². The van der Waals surface area contributed by atoms with Crippen LogP contribution in [0.5, 0.6) is 0 Å². The topological polar surface area (TPSA) is 82.3 Å². The van der Waals surface area contributed by atoms with Crippen molar-refractivity contribution in [3.05, 3.63) is 47.3 Å². The third kappa shape index (κ3) is 4.08. The Hall–Kier alpha value is -1.77. The molecule has 2 N–H and O–H groups in total. The molecule has 1 aliphatic rings. The molecule has 2 aromatic rings. The minimum atomic E-state index is -3.55. The third-order valence-corrected chi connectivity index (χ3v) is 6.81. The van der Waals surface area contributed by atoms with E-state index >= 15 is 0 Å². The Kier molecular flexibility index (Phi) is 5.21. The van der Waals surface area contributed by atoms with E-state index < -0.39 is 10.0 Å². The van der Waals surface area contributed by atoms with Gasteiger partial charge in [-0.2, -0.15) is 16.1 Å². The van der Waals surface area contributed by atoms with Crippen LogP contribution >= 0.6 is 11.8 Å². The van der Waals surface area contributed by atoms with Crippen molar-refractivity contribution in [3.63, 3.8) is 0 Å². The lowest BCUT2D eigenvalue weighted by atomic mass is 10.1. The van der Waals surface area contributed by atoms with E-state index in [9.17, 15) is 13.2 Å². The summed E-state index contributed by atoms with van der Waals surface area (Å²) in [4.78, 5) is 15.3. The van der Waals surface area contributed by atoms with Crippen molar-refractivity contribution in [2.45, 2.75) is 18.7 Å². The zero-order valence-corrected chi connectivity index (χ0v) is 15.8. The summed E-state index contributed by atoms with van der Waals surface area (Å²) in [6.07, 6.45) is 1.38. The van der Waals surface area contributed by atoms with Crippen molar-refractivity contribution in [1.82, 2.24) is 9.29 Å². The number of anilines is 1. The SMILES string of the molecule is Cc1cc(C)cc(NC(=O)c2cc(S(=O)(=O)N3CCSCC3)c[nH]2)c1. The summed E-state index contributed by atoms with van der Waals surface area (Å²) in [5.41, 5.74) is 3.01. The quantitative estimate of drug-likeness (QED) is 0.855. The van der Waals surface area contributed by atoms with Gasteiger partial charge in [-0.15, -0.1) is 0 Å². The highest BCUT2D eigenvalue weighted by Gasteiger charge is 2.27. The van der Waals surface area contributed by atoms with Crippen molar-refractivity contribution in [2.24, 2.45) is 0 Å². The number of nitrogens with zero attached hydrogens (tertiary/aromatic N) is 1. The molecule has 1 amide bonds. The molecule has 0 unspecified atom stereocenters. The molecule has 0 atom stereocenters. The average Bonchev–Trinajstić information content (AvgIpc) is 3.05. The standard InChI is InChI=1S/C17H21N3O3S2/c1-12-7-13(2)9-14(8-12)19-17(21)16-10-15(11-18-16)25(22,23)20-3-5-24-6-4-20/h7-11,18H,3-6H2,1-2H3,(H,19,21). The average molecular weight is 380 g/mol. The lowest BCUT2D eigenvalue weighted by molar-refractivity contribution is 0.102. The van der Waals surface area contributed by atoms with E-state index in [0.29, 0.717) is 18.8 Å². The predicted molar refractivity (Wildman–Crippen MR) is 101 cm³/mol. The molecule has 2 heterocycles. The molecule has 1 fully saturated rings. The minimum absolute atomic E-state index is 0.130. The first-order chi connectivity index (χ1) is 11.9. The minimum Gasteiger partial charge on any atom is -0.356 e. The van der Waals surface area contributed by atoms with Crippen LogP contribution < -0.4 is 5.32 Å². The normalized spacial score (nSPS) is 15.9. The molecule has 134 valence electrons. The molecule has 0 radical (unpaired) electrons. The number of aryl methyl sites for hydroxylation is 2. The number of hydrogen-bond acceptors (Lipinski definition) is 4. The smallest absolute Gasteiger partial charge is 0.272 e. The van der Waals surface area contributed by atoms with Gasteiger partial charge in [-0.25, -0.2) is 8.42 Å². The molecular weight excluding hydrogens is 358 g/mol. The Bertz CT molecular complexity index is 864. The van der Waals surface area contributed by atoms with Gasteiger partial charge < -0.3 is 10.3 Å². The maximum absolute atomic E-state index is 12.6. The van der Waals surface area contributed by atoms with Gasteiger partial charge in [-0.05, 0) is 43.2 Å². The van der Waals surface area contributed by atoms with Gasteiger partial charge in [0.05, 0.1) is 0 Å². The monoisotopic (exact) mass is 379 g/mol. The highest BCUT2D eigenvalue weighted by atomic mass is 32.2. The Morgan fingerprint density at radius 1 is 1.12 bits per heavy atom. The molecule has 1 aromatic heterocycles. The summed E-state index contributed by atoms with van der Waals surface area (Å²) in [5.74, 6) is 1.23. The molecular formula is C17H21N3O3S2. The van der Waals surface area contributed by atoms with E-state index in [0.717, 1.165) is 22.6 Å². The number of sulfonamides is 1. The number of carbonyl (C=O) groups is 1. The van der Waals surface area contributed by atoms with Crippen LogP contribution in [0.2, 0.25) is 0 Å². The number of benzene rings is 1. The first-order valence-corrected chi connectivity index (χ1v) is 10.6. The number of carbonyl (C=O) groups excluding carboxylic acids is 1. The number of aromatic amines is 1. The molecule has 3 rings (SSSR count). The van der Waals surface area contributed by atoms with Crippen LogP contribution in [0.4, 0.5) is 5.69 Å². The lowest BCUT2D eigenvalue weighted by Gasteiger charge is -2.24. The van der Waals surface area contributed by atoms with Crippen LogP contribution in [0.25, 0.3) is 0 Å². The molecule has 1 aliphatic heterocycles. The highest BCUT2D eigenvalue weighted by Crippen LogP contribution is 2.21. The summed E-state index contributed by atoms with van der Waals surface area (Å²) in [6.45, 7) is 4.92. The van der Waals surface area contributed by atoms with Gasteiger partial charge in [0.2, 0.25) is 10.0 Å². The van der Waals surface area contributed by atoms with Gasteiger partial charge in [0.25, 0.3) is 5.91 Å². The summed E-state index contributed by atoms with van der Waals surface area (Å²) in [7, 11) is -3.55. The summed E-state index contributed by atoms with van der Waals surface area (Å²) < 4.78 is 26.7. The van der Waals surface area contributed by atoms with Crippen molar-refractivity contribution >= 4 is 33.4 Å². The second-order valence-electron chi connectivity index (χ2n) is 6.10. The molecule has 0 spiro atoms. The van der Waals surface area contributed by atoms with Crippen LogP contribution in [-0.2, 0) is 10.0 Å².